The number of rotatable bonds is 5. The summed E-state index contributed by atoms with van der Waals surface area (Å²) in [7, 11) is 0. The smallest absolute Gasteiger partial charge is 0.0446 e. The van der Waals surface area contributed by atoms with Crippen LogP contribution in [0, 0.1) is 11.8 Å². The molecule has 2 aromatic carbocycles. The van der Waals surface area contributed by atoms with E-state index >= 15 is 0 Å². The van der Waals surface area contributed by atoms with Crippen LogP contribution in [0.4, 0.5) is 5.69 Å². The number of anilines is 1. The van der Waals surface area contributed by atoms with Crippen molar-refractivity contribution in [2.45, 2.75) is 27.7 Å². The molecule has 0 bridgehead atoms. The molecule has 2 rings (SSSR count). The summed E-state index contributed by atoms with van der Waals surface area (Å²) in [6.07, 6.45) is 0. The van der Waals surface area contributed by atoms with Crippen LogP contribution in [0.1, 0.15) is 27.7 Å². The molecular weight excluding hydrogens is 230 g/mol. The van der Waals surface area contributed by atoms with Gasteiger partial charge in [0.2, 0.25) is 0 Å². The summed E-state index contributed by atoms with van der Waals surface area (Å²) >= 11 is 0. The average molecular weight is 255 g/mol. The van der Waals surface area contributed by atoms with Crippen molar-refractivity contribution in [3.05, 3.63) is 42.5 Å². The summed E-state index contributed by atoms with van der Waals surface area (Å²) in [6, 6.07) is 15.3. The van der Waals surface area contributed by atoms with E-state index in [9.17, 15) is 0 Å². The Bertz CT molecular complexity index is 513. The van der Waals surface area contributed by atoms with Crippen LogP contribution in [0.25, 0.3) is 10.8 Å². The van der Waals surface area contributed by atoms with Gasteiger partial charge in [-0.3, -0.25) is 0 Å². The number of fused-ring (bicyclic) bond motifs is 1. The Balaban J connectivity index is 2.42. The first kappa shape index (κ1) is 13.9. The molecule has 0 unspecified atom stereocenters. The minimum absolute atomic E-state index is 0.678. The Kier molecular flexibility index (Phi) is 4.47. The summed E-state index contributed by atoms with van der Waals surface area (Å²) in [5.74, 6) is 1.36. The van der Waals surface area contributed by atoms with Crippen LogP contribution in [0.5, 0.6) is 0 Å². The summed E-state index contributed by atoms with van der Waals surface area (Å²) in [6.45, 7) is 11.4. The molecule has 1 nitrogen and oxygen atoms in total. The minimum atomic E-state index is 0.678. The maximum absolute atomic E-state index is 2.54. The highest BCUT2D eigenvalue weighted by molar-refractivity contribution is 5.94. The minimum Gasteiger partial charge on any atom is -0.371 e. The second kappa shape index (κ2) is 6.10. The molecule has 0 aromatic heterocycles. The quantitative estimate of drug-likeness (QED) is 0.730. The van der Waals surface area contributed by atoms with Gasteiger partial charge in [0.05, 0.1) is 0 Å². The fraction of sp³-hybridized carbons (Fsp3) is 0.444. The first-order valence-electron chi connectivity index (χ1n) is 7.30. The lowest BCUT2D eigenvalue weighted by Crippen LogP contribution is -2.31. The summed E-state index contributed by atoms with van der Waals surface area (Å²) in [4.78, 5) is 2.54. The van der Waals surface area contributed by atoms with Crippen LogP contribution in [0.15, 0.2) is 42.5 Å². The molecule has 0 heterocycles. The van der Waals surface area contributed by atoms with E-state index in [4.69, 9.17) is 0 Å². The van der Waals surface area contributed by atoms with Gasteiger partial charge >= 0.3 is 0 Å². The standard InChI is InChI=1S/C18H25N/c1-14(2)12-19(13-15(3)4)18-11-7-9-16-8-5-6-10-17(16)18/h5-11,14-15H,12-13H2,1-4H3. The maximum Gasteiger partial charge on any atom is 0.0446 e. The van der Waals surface area contributed by atoms with Crippen molar-refractivity contribution in [2.75, 3.05) is 18.0 Å². The highest BCUT2D eigenvalue weighted by atomic mass is 15.1. The SMILES string of the molecule is CC(C)CN(CC(C)C)c1cccc2ccccc12. The van der Waals surface area contributed by atoms with Crippen LogP contribution < -0.4 is 4.90 Å². The molecule has 0 atom stereocenters. The molecule has 0 N–H and O–H groups in total. The monoisotopic (exact) mass is 255 g/mol. The highest BCUT2D eigenvalue weighted by Gasteiger charge is 2.12. The van der Waals surface area contributed by atoms with Crippen molar-refractivity contribution in [2.24, 2.45) is 11.8 Å². The summed E-state index contributed by atoms with van der Waals surface area (Å²) < 4.78 is 0. The lowest BCUT2D eigenvalue weighted by atomic mass is 10.1. The van der Waals surface area contributed by atoms with Crippen molar-refractivity contribution in [1.29, 1.82) is 0 Å². The van der Waals surface area contributed by atoms with E-state index in [1.165, 1.54) is 16.5 Å². The van der Waals surface area contributed by atoms with Crippen molar-refractivity contribution in [3.63, 3.8) is 0 Å². The Hall–Kier alpha value is -1.50. The van der Waals surface area contributed by atoms with Gasteiger partial charge in [-0.15, -0.1) is 0 Å². The van der Waals surface area contributed by atoms with Crippen LogP contribution in [-0.4, -0.2) is 13.1 Å². The second-order valence-corrected chi connectivity index (χ2v) is 6.19. The van der Waals surface area contributed by atoms with Gasteiger partial charge < -0.3 is 4.90 Å². The molecule has 0 amide bonds. The average Bonchev–Trinajstić information content (AvgIpc) is 2.36. The number of benzene rings is 2. The second-order valence-electron chi connectivity index (χ2n) is 6.19. The molecule has 19 heavy (non-hydrogen) atoms. The van der Waals surface area contributed by atoms with E-state index in [0.717, 1.165) is 13.1 Å². The van der Waals surface area contributed by atoms with E-state index in [0.29, 0.717) is 11.8 Å². The highest BCUT2D eigenvalue weighted by Crippen LogP contribution is 2.27. The number of hydrogen-bond acceptors (Lipinski definition) is 1. The van der Waals surface area contributed by atoms with Gasteiger partial charge in [0, 0.05) is 24.2 Å². The van der Waals surface area contributed by atoms with Crippen molar-refractivity contribution < 1.29 is 0 Å². The molecular formula is C18H25N. The molecule has 102 valence electrons. The zero-order chi connectivity index (χ0) is 13.8. The molecule has 0 fully saturated rings. The van der Waals surface area contributed by atoms with Crippen molar-refractivity contribution in [1.82, 2.24) is 0 Å². The molecule has 0 aliphatic heterocycles. The van der Waals surface area contributed by atoms with Crippen LogP contribution >= 0.6 is 0 Å². The van der Waals surface area contributed by atoms with E-state index in [-0.39, 0.29) is 0 Å². The number of nitrogens with zero attached hydrogens (tertiary/aromatic N) is 1. The number of hydrogen-bond donors (Lipinski definition) is 0. The summed E-state index contributed by atoms with van der Waals surface area (Å²) in [5.41, 5.74) is 1.38. The lowest BCUT2D eigenvalue weighted by molar-refractivity contribution is 0.554. The first-order valence-corrected chi connectivity index (χ1v) is 7.30. The Morgan fingerprint density at radius 3 is 2.00 bits per heavy atom. The molecule has 0 radical (unpaired) electrons. The fourth-order valence-corrected chi connectivity index (χ4v) is 2.64. The predicted molar refractivity (Wildman–Crippen MR) is 85.8 cm³/mol. The first-order chi connectivity index (χ1) is 9.08. The van der Waals surface area contributed by atoms with Crippen LogP contribution in [0.3, 0.4) is 0 Å². The third-order valence-electron chi connectivity index (χ3n) is 3.28. The van der Waals surface area contributed by atoms with Gasteiger partial charge in [0.15, 0.2) is 0 Å². The van der Waals surface area contributed by atoms with Gasteiger partial charge in [0.1, 0.15) is 0 Å². The van der Waals surface area contributed by atoms with E-state index in [1.807, 2.05) is 0 Å². The largest absolute Gasteiger partial charge is 0.371 e. The predicted octanol–water partition coefficient (Wildman–Crippen LogP) is 4.96. The molecule has 0 saturated heterocycles. The molecule has 0 spiro atoms. The Labute approximate surface area is 117 Å². The van der Waals surface area contributed by atoms with Crippen LogP contribution in [0.2, 0.25) is 0 Å². The Morgan fingerprint density at radius 1 is 0.789 bits per heavy atom. The van der Waals surface area contributed by atoms with Gasteiger partial charge in [-0.05, 0) is 23.3 Å². The maximum atomic E-state index is 2.54. The van der Waals surface area contributed by atoms with Gasteiger partial charge in [-0.2, -0.15) is 0 Å². The molecule has 0 saturated carbocycles. The molecule has 0 aliphatic rings. The zero-order valence-electron chi connectivity index (χ0n) is 12.6. The molecule has 0 aliphatic carbocycles. The Morgan fingerprint density at radius 2 is 1.37 bits per heavy atom. The van der Waals surface area contributed by atoms with Gasteiger partial charge in [-0.1, -0.05) is 64.1 Å². The van der Waals surface area contributed by atoms with Crippen LogP contribution in [-0.2, 0) is 0 Å². The fourth-order valence-electron chi connectivity index (χ4n) is 2.64. The van der Waals surface area contributed by atoms with E-state index in [1.54, 1.807) is 0 Å². The third-order valence-corrected chi connectivity index (χ3v) is 3.28. The molecule has 1 heteroatoms. The third kappa shape index (κ3) is 3.50. The zero-order valence-corrected chi connectivity index (χ0v) is 12.6. The van der Waals surface area contributed by atoms with E-state index in [2.05, 4.69) is 75.1 Å². The van der Waals surface area contributed by atoms with Gasteiger partial charge in [-0.25, -0.2) is 0 Å². The summed E-state index contributed by atoms with van der Waals surface area (Å²) in [5, 5.41) is 2.70. The molecule has 2 aromatic rings. The van der Waals surface area contributed by atoms with Crippen molar-refractivity contribution in [3.8, 4) is 0 Å². The topological polar surface area (TPSA) is 3.24 Å². The van der Waals surface area contributed by atoms with Crippen molar-refractivity contribution >= 4 is 16.5 Å². The van der Waals surface area contributed by atoms with Gasteiger partial charge in [0.25, 0.3) is 0 Å². The van der Waals surface area contributed by atoms with E-state index < -0.39 is 0 Å². The normalized spacial score (nSPS) is 11.5. The lowest BCUT2D eigenvalue weighted by Gasteiger charge is -2.29.